The van der Waals surface area contributed by atoms with Crippen molar-refractivity contribution in [2.45, 2.75) is 12.3 Å². The van der Waals surface area contributed by atoms with Crippen molar-refractivity contribution in [3.8, 4) is 11.8 Å². The normalized spacial score (nSPS) is 16.0. The molecule has 0 amide bonds. The Morgan fingerprint density at radius 1 is 1.06 bits per heavy atom. The van der Waals surface area contributed by atoms with E-state index in [0.717, 1.165) is 25.2 Å². The second kappa shape index (κ2) is 9.99. The van der Waals surface area contributed by atoms with Crippen LogP contribution in [0.2, 0.25) is 5.02 Å². The van der Waals surface area contributed by atoms with Crippen LogP contribution in [0.5, 0.6) is 5.75 Å². The molecular formula is C23H17ClF3N3O5. The van der Waals surface area contributed by atoms with Gasteiger partial charge in [-0.25, -0.2) is 9.59 Å². The number of rotatable bonds is 5. The minimum atomic E-state index is -5.14. The highest BCUT2D eigenvalue weighted by molar-refractivity contribution is 6.34. The Morgan fingerprint density at radius 2 is 1.69 bits per heavy atom. The molecule has 1 unspecified atom stereocenters. The molecule has 1 aliphatic rings. The molecule has 2 aromatic rings. The molecule has 3 rings (SSSR count). The van der Waals surface area contributed by atoms with Crippen molar-refractivity contribution in [1.82, 2.24) is 0 Å². The minimum absolute atomic E-state index is 0.248. The van der Waals surface area contributed by atoms with E-state index in [2.05, 4.69) is 4.74 Å². The van der Waals surface area contributed by atoms with Crippen LogP contribution < -0.4 is 15.4 Å². The van der Waals surface area contributed by atoms with Crippen molar-refractivity contribution in [3.63, 3.8) is 0 Å². The Labute approximate surface area is 202 Å². The summed E-state index contributed by atoms with van der Waals surface area (Å²) in [6.07, 6.45) is -5.14. The van der Waals surface area contributed by atoms with Gasteiger partial charge in [0.2, 0.25) is 0 Å². The summed E-state index contributed by atoms with van der Waals surface area (Å²) < 4.78 is 53.3. The van der Waals surface area contributed by atoms with Gasteiger partial charge in [0.1, 0.15) is 17.2 Å². The average molecular weight is 508 g/mol. The van der Waals surface area contributed by atoms with Crippen molar-refractivity contribution in [2.24, 2.45) is 5.73 Å². The van der Waals surface area contributed by atoms with Crippen LogP contribution in [0, 0.1) is 11.3 Å². The topological polar surface area (TPSA) is 115 Å². The molecule has 0 fully saturated rings. The van der Waals surface area contributed by atoms with Gasteiger partial charge in [-0.2, -0.15) is 5.26 Å². The van der Waals surface area contributed by atoms with E-state index >= 15 is 0 Å². The quantitative estimate of drug-likeness (QED) is 0.601. The van der Waals surface area contributed by atoms with Crippen molar-refractivity contribution in [1.29, 1.82) is 5.26 Å². The highest BCUT2D eigenvalue weighted by atomic mass is 35.5. The first-order chi connectivity index (χ1) is 16.6. The van der Waals surface area contributed by atoms with Crippen LogP contribution in [0.4, 0.5) is 18.9 Å². The first kappa shape index (κ1) is 25.5. The number of allylic oxidation sites excluding steroid dienone is 1. The Hall–Kier alpha value is -4.17. The predicted molar refractivity (Wildman–Crippen MR) is 118 cm³/mol. The number of carbonyl (C=O) groups is 2. The number of benzene rings is 2. The number of ether oxygens (including phenoxy) is 3. The molecule has 2 N–H and O–H groups in total. The van der Waals surface area contributed by atoms with Crippen LogP contribution in [-0.2, 0) is 19.1 Å². The maximum atomic E-state index is 13.2. The largest absolute Gasteiger partial charge is 0.573 e. The molecule has 0 spiro atoms. The van der Waals surface area contributed by atoms with Gasteiger partial charge in [-0.1, -0.05) is 48.0 Å². The lowest BCUT2D eigenvalue weighted by Crippen LogP contribution is -2.41. The van der Waals surface area contributed by atoms with Crippen LogP contribution in [0.3, 0.4) is 0 Å². The number of carbonyl (C=O) groups excluding carboxylic acids is 2. The van der Waals surface area contributed by atoms with E-state index in [0.29, 0.717) is 5.56 Å². The molecule has 182 valence electrons. The van der Waals surface area contributed by atoms with E-state index in [9.17, 15) is 28.0 Å². The lowest BCUT2D eigenvalue weighted by atomic mass is 9.81. The lowest BCUT2D eigenvalue weighted by molar-refractivity contribution is -0.274. The molecule has 0 aliphatic carbocycles. The van der Waals surface area contributed by atoms with Crippen LogP contribution in [0.25, 0.3) is 0 Å². The van der Waals surface area contributed by atoms with Gasteiger partial charge in [0.25, 0.3) is 0 Å². The number of methoxy groups -OCH3 is 2. The van der Waals surface area contributed by atoms with E-state index in [-0.39, 0.29) is 10.6 Å². The molecule has 35 heavy (non-hydrogen) atoms. The molecule has 8 nitrogen and oxygen atoms in total. The van der Waals surface area contributed by atoms with Gasteiger partial charge in [0, 0.05) is 0 Å². The molecule has 12 heteroatoms. The summed E-state index contributed by atoms with van der Waals surface area (Å²) in [5.74, 6) is -4.70. The first-order valence-corrected chi connectivity index (χ1v) is 10.1. The third-order valence-electron chi connectivity index (χ3n) is 5.01. The summed E-state index contributed by atoms with van der Waals surface area (Å²) in [6, 6.07) is 13.3. The van der Waals surface area contributed by atoms with Crippen LogP contribution in [0.15, 0.2) is 71.2 Å². The molecule has 1 atom stereocenters. The Kier molecular flexibility index (Phi) is 7.26. The lowest BCUT2D eigenvalue weighted by Gasteiger charge is -2.36. The van der Waals surface area contributed by atoms with Gasteiger partial charge >= 0.3 is 18.3 Å². The second-order valence-electron chi connectivity index (χ2n) is 6.97. The number of nitriles is 1. The Bertz CT molecular complexity index is 1270. The van der Waals surface area contributed by atoms with Gasteiger partial charge in [-0.05, 0) is 17.7 Å². The van der Waals surface area contributed by atoms with Gasteiger partial charge in [-0.15, -0.1) is 13.2 Å². The summed E-state index contributed by atoms with van der Waals surface area (Å²) in [5, 5.41) is 9.66. The maximum absolute atomic E-state index is 13.2. The zero-order chi connectivity index (χ0) is 25.9. The molecule has 0 saturated carbocycles. The number of anilines is 1. The molecule has 0 saturated heterocycles. The van der Waals surface area contributed by atoms with E-state index in [1.54, 1.807) is 30.3 Å². The zero-order valence-corrected chi connectivity index (χ0v) is 19.0. The number of nitrogens with two attached hydrogens (primary N) is 1. The molecule has 1 heterocycles. The van der Waals surface area contributed by atoms with E-state index in [1.807, 2.05) is 6.07 Å². The van der Waals surface area contributed by atoms with Gasteiger partial charge in [-0.3, -0.25) is 4.90 Å². The standard InChI is InChI=1S/C23H17ClF3N3O5/c1-33-21(31)17-16(12-7-4-3-5-8-12)13(11-28)20(29)30(19(17)22(32)34-2)18-14(24)9-6-10-15(18)35-23(25,26)27/h3-10,16H,29H2,1-2H3. The summed E-state index contributed by atoms with van der Waals surface area (Å²) in [5.41, 5.74) is 4.89. The number of hydrogen-bond acceptors (Lipinski definition) is 8. The Balaban J connectivity index is 2.47. The molecule has 0 radical (unpaired) electrons. The van der Waals surface area contributed by atoms with Crippen LogP contribution in [0.1, 0.15) is 11.5 Å². The smallest absolute Gasteiger partial charge is 0.466 e. The number of hydrogen-bond donors (Lipinski definition) is 1. The number of nitrogens with zero attached hydrogens (tertiary/aromatic N) is 2. The van der Waals surface area contributed by atoms with E-state index in [1.165, 1.54) is 12.1 Å². The summed E-state index contributed by atoms with van der Waals surface area (Å²) in [4.78, 5) is 26.7. The highest BCUT2D eigenvalue weighted by Gasteiger charge is 2.45. The van der Waals surface area contributed by atoms with Crippen molar-refractivity contribution >= 4 is 29.2 Å². The van der Waals surface area contributed by atoms with Gasteiger partial charge < -0.3 is 19.9 Å². The summed E-state index contributed by atoms with van der Waals surface area (Å²) in [7, 11) is 2.04. The third-order valence-corrected chi connectivity index (χ3v) is 5.31. The molecule has 2 aromatic carbocycles. The maximum Gasteiger partial charge on any atom is 0.573 e. The molecule has 1 aliphatic heterocycles. The minimum Gasteiger partial charge on any atom is -0.466 e. The fourth-order valence-corrected chi connectivity index (χ4v) is 3.92. The summed E-state index contributed by atoms with van der Waals surface area (Å²) >= 11 is 6.23. The number of alkyl halides is 3. The monoisotopic (exact) mass is 507 g/mol. The number of esters is 2. The predicted octanol–water partition coefficient (Wildman–Crippen LogP) is 4.14. The third kappa shape index (κ3) is 4.88. The summed E-state index contributed by atoms with van der Waals surface area (Å²) in [6.45, 7) is 0. The van der Waals surface area contributed by atoms with E-state index in [4.69, 9.17) is 26.8 Å². The SMILES string of the molecule is COC(=O)C1=C(C(=O)OC)N(c2c(Cl)cccc2OC(F)(F)F)C(N)=C(C#N)C1c1ccccc1. The fraction of sp³-hybridized carbons (Fsp3) is 0.174. The number of para-hydroxylation sites is 1. The first-order valence-electron chi connectivity index (χ1n) is 9.75. The molecule has 0 aromatic heterocycles. The van der Waals surface area contributed by atoms with Crippen LogP contribution in [-0.4, -0.2) is 32.5 Å². The van der Waals surface area contributed by atoms with Crippen molar-refractivity contribution in [3.05, 3.63) is 81.8 Å². The second-order valence-corrected chi connectivity index (χ2v) is 7.38. The fourth-order valence-electron chi connectivity index (χ4n) is 3.67. The zero-order valence-electron chi connectivity index (χ0n) is 18.2. The Morgan fingerprint density at radius 3 is 2.23 bits per heavy atom. The van der Waals surface area contributed by atoms with Crippen molar-refractivity contribution in [2.75, 3.05) is 19.1 Å². The highest BCUT2D eigenvalue weighted by Crippen LogP contribution is 2.48. The van der Waals surface area contributed by atoms with Gasteiger partial charge in [0.15, 0.2) is 5.75 Å². The number of halogens is 4. The molecule has 0 bridgehead atoms. The van der Waals surface area contributed by atoms with Gasteiger partial charge in [0.05, 0.1) is 42.4 Å². The average Bonchev–Trinajstić information content (AvgIpc) is 2.82. The van der Waals surface area contributed by atoms with Crippen LogP contribution >= 0.6 is 11.6 Å². The molecular weight excluding hydrogens is 491 g/mol. The van der Waals surface area contributed by atoms with Crippen molar-refractivity contribution < 1.29 is 37.0 Å². The van der Waals surface area contributed by atoms with E-state index < -0.39 is 52.7 Å².